The summed E-state index contributed by atoms with van der Waals surface area (Å²) in [7, 11) is -11.0. The molecule has 7 aromatic rings. The lowest BCUT2D eigenvalue weighted by molar-refractivity contribution is -0.248. The minimum absolute atomic E-state index is 0.00591. The van der Waals surface area contributed by atoms with Gasteiger partial charge < -0.3 is 24.5 Å². The molecular formula is C70H90N8O11S3Si. The first-order chi connectivity index (χ1) is 44.0. The molecule has 93 heavy (non-hydrogen) atoms. The highest BCUT2D eigenvalue weighted by Gasteiger charge is 2.66. The summed E-state index contributed by atoms with van der Waals surface area (Å²) in [6.07, 6.45) is 8.59. The van der Waals surface area contributed by atoms with Crippen LogP contribution in [0.5, 0.6) is 0 Å². The van der Waals surface area contributed by atoms with Gasteiger partial charge in [0, 0.05) is 81.3 Å². The first-order valence-corrected chi connectivity index (χ1v) is 38.3. The van der Waals surface area contributed by atoms with Crippen LogP contribution in [0.15, 0.2) is 121 Å². The normalized spacial score (nSPS) is 21.6. The van der Waals surface area contributed by atoms with Crippen molar-refractivity contribution in [3.8, 4) is 11.1 Å². The Bertz CT molecular complexity index is 3990. The Hall–Kier alpha value is -6.25. The molecule has 4 saturated carbocycles. The average Bonchev–Trinajstić information content (AvgIpc) is 0.791. The number of para-hydroxylation sites is 1. The third-order valence-electron chi connectivity index (χ3n) is 19.7. The Balaban J connectivity index is 0.691. The van der Waals surface area contributed by atoms with Crippen LogP contribution in [0.2, 0.25) is 5.04 Å². The van der Waals surface area contributed by atoms with E-state index < -0.39 is 51.3 Å². The third kappa shape index (κ3) is 15.5. The number of carbonyl (C=O) groups is 2. The lowest BCUT2D eigenvalue weighted by Gasteiger charge is -2.69. The number of aromatic carboxylic acids is 1. The molecule has 4 aliphatic carbocycles. The zero-order chi connectivity index (χ0) is 66.2. The van der Waals surface area contributed by atoms with Gasteiger partial charge in [-0.25, -0.2) is 14.8 Å². The van der Waals surface area contributed by atoms with Crippen molar-refractivity contribution in [1.82, 2.24) is 30.0 Å². The number of nitrogens with zero attached hydrogens (tertiary/aromatic N) is 6. The maximum Gasteiger partial charge on any atom is 0.355 e. The molecule has 12 rings (SSSR count). The summed E-state index contributed by atoms with van der Waals surface area (Å²) in [4.78, 5) is 40.3. The van der Waals surface area contributed by atoms with E-state index >= 15 is 0 Å². The Morgan fingerprint density at radius 2 is 1.45 bits per heavy atom. The molecule has 2 atom stereocenters. The van der Waals surface area contributed by atoms with Crippen LogP contribution in [-0.4, -0.2) is 148 Å². The fraction of sp³-hybridized carbons (Fsp3) is 0.500. The zero-order valence-corrected chi connectivity index (χ0v) is 58.3. The number of carboxylic acid groups (broad SMARTS) is 1. The largest absolute Gasteiger partial charge is 0.476 e. The van der Waals surface area contributed by atoms with Crippen LogP contribution in [0.25, 0.3) is 21.3 Å². The van der Waals surface area contributed by atoms with Gasteiger partial charge in [0.05, 0.1) is 46.7 Å². The van der Waals surface area contributed by atoms with E-state index in [0.29, 0.717) is 93.0 Å². The van der Waals surface area contributed by atoms with E-state index in [0.717, 1.165) is 65.6 Å². The highest BCUT2D eigenvalue weighted by atomic mass is 32.2. The highest BCUT2D eigenvalue weighted by Crippen LogP contribution is 2.72. The smallest absolute Gasteiger partial charge is 0.355 e. The second-order valence-electron chi connectivity index (χ2n) is 29.3. The number of nitrogens with one attached hydrogen (secondary N) is 2. The van der Waals surface area contributed by atoms with Crippen LogP contribution < -0.4 is 25.9 Å². The van der Waals surface area contributed by atoms with Crippen LogP contribution in [-0.2, 0) is 53.1 Å². The number of hydrogen-bond donors (Lipinski definition) is 4. The lowest BCUT2D eigenvalue weighted by atomic mass is 9.39. The molecule has 4 bridgehead atoms. The molecule has 0 saturated heterocycles. The molecule has 0 radical (unpaired) electrons. The topological polar surface area (TPSA) is 245 Å². The number of thiazole rings is 1. The van der Waals surface area contributed by atoms with E-state index in [1.54, 1.807) is 6.20 Å². The maximum atomic E-state index is 13.8. The fourth-order valence-electron chi connectivity index (χ4n) is 16.6. The first-order valence-electron chi connectivity index (χ1n) is 32.4. The average molecular weight is 1340 g/mol. The van der Waals surface area contributed by atoms with Crippen molar-refractivity contribution in [2.24, 2.45) is 21.7 Å². The Kier molecular flexibility index (Phi) is 19.6. The van der Waals surface area contributed by atoms with E-state index in [1.165, 1.54) is 21.7 Å². The number of amides is 1. The SMILES string of the molecule is Cc1c(-c2ccc(N3CCc4cccc(C(=O)Nc5nc6ccccc6s5)c4C3)nc2C(=O)O)cnn1CC12CC3(C)CC(C)(C1)CC(OCCN(CCNCCS(=O)(=O)OCC(C)(C)CCO[Si](c1ccccc1)(c1ccccc1)C(C)(C)C)CCS(=O)(=O)O)(C3)C2. The number of aromatic nitrogens is 4. The summed E-state index contributed by atoms with van der Waals surface area (Å²) in [5.41, 5.74) is 4.05. The van der Waals surface area contributed by atoms with Gasteiger partial charge in [-0.3, -0.25) is 28.4 Å². The van der Waals surface area contributed by atoms with Crippen molar-refractivity contribution >= 4 is 83.3 Å². The Morgan fingerprint density at radius 3 is 2.12 bits per heavy atom. The van der Waals surface area contributed by atoms with Gasteiger partial charge in [0.2, 0.25) is 0 Å². The van der Waals surface area contributed by atoms with Crippen molar-refractivity contribution in [2.75, 3.05) is 80.8 Å². The van der Waals surface area contributed by atoms with E-state index in [4.69, 9.17) is 23.4 Å². The molecule has 4 heterocycles. The summed E-state index contributed by atoms with van der Waals surface area (Å²) in [6, 6.07) is 38.0. The van der Waals surface area contributed by atoms with Crippen LogP contribution in [0.4, 0.5) is 10.9 Å². The fourth-order valence-corrected chi connectivity index (χ4v) is 23.5. The van der Waals surface area contributed by atoms with Crippen molar-refractivity contribution < 1.29 is 49.4 Å². The molecule has 4 N–H and O–H groups in total. The second kappa shape index (κ2) is 26.7. The molecule has 0 spiro atoms. The molecule has 4 fully saturated rings. The van der Waals surface area contributed by atoms with Gasteiger partial charge in [0.1, 0.15) is 5.82 Å². The molecule has 5 aliphatic rings. The van der Waals surface area contributed by atoms with Crippen molar-refractivity contribution in [3.05, 3.63) is 150 Å². The van der Waals surface area contributed by atoms with Crippen molar-refractivity contribution in [1.29, 1.82) is 0 Å². The van der Waals surface area contributed by atoms with Gasteiger partial charge in [-0.15, -0.1) is 0 Å². The molecule has 2 unspecified atom stereocenters. The molecule has 4 aromatic carbocycles. The number of fused-ring (bicyclic) bond motifs is 2. The number of carboxylic acids is 1. The predicted octanol–water partition coefficient (Wildman–Crippen LogP) is 10.6. The molecule has 498 valence electrons. The standard InChI is InChI=1S/C70H90N8O11S3Si/c1-50-56(54-26-27-60(74-61(54)63(80)81)77-32-28-51-18-17-23-55(57(51)41-77)62(79)75-64-73-58-24-15-16-25-59(58)90-64)40-72-78(50)48-69-43-67(7)42-68(8,44-69)46-70(45-67,47-69)87-37-34-76(35-39-91(82,83)84)33-30-71-31-38-92(85,86)88-49-66(5,6)29-36-89-93(65(2,3)4,52-19-11-9-12-20-52)53-21-13-10-14-22-53/h9-27,40,71H,28-39,41-49H2,1-8H3,(H,80,81)(H,73,75,79)(H,82,83,84). The second-order valence-corrected chi connectivity index (χ2v) is 37.9. The molecular weight excluding hydrogens is 1250 g/mol. The number of anilines is 2. The van der Waals surface area contributed by atoms with E-state index in [1.807, 2.05) is 102 Å². The Morgan fingerprint density at radius 1 is 0.763 bits per heavy atom. The number of carbonyl (C=O) groups excluding carboxylic acids is 1. The van der Waals surface area contributed by atoms with Gasteiger partial charge in [-0.1, -0.05) is 145 Å². The molecule has 19 nitrogen and oxygen atoms in total. The number of hydrogen-bond acceptors (Lipinski definition) is 16. The molecule has 1 amide bonds. The first kappa shape index (κ1) is 68.1. The van der Waals surface area contributed by atoms with Gasteiger partial charge >= 0.3 is 5.97 Å². The highest BCUT2D eigenvalue weighted by molar-refractivity contribution is 7.86. The Labute approximate surface area is 553 Å². The number of rotatable bonds is 29. The number of benzene rings is 4. The third-order valence-corrected chi connectivity index (χ3v) is 27.6. The lowest BCUT2D eigenvalue weighted by Crippen LogP contribution is -2.66. The number of pyridine rings is 1. The summed E-state index contributed by atoms with van der Waals surface area (Å²) < 4.78 is 83.4. The van der Waals surface area contributed by atoms with Gasteiger partial charge in [0.25, 0.3) is 34.5 Å². The van der Waals surface area contributed by atoms with Crippen LogP contribution in [0.3, 0.4) is 0 Å². The minimum Gasteiger partial charge on any atom is -0.476 e. The molecule has 23 heteroatoms. The van der Waals surface area contributed by atoms with Crippen LogP contribution in [0, 0.1) is 28.6 Å². The van der Waals surface area contributed by atoms with Crippen molar-refractivity contribution in [3.63, 3.8) is 0 Å². The summed E-state index contributed by atoms with van der Waals surface area (Å²) >= 11 is 1.42. The van der Waals surface area contributed by atoms with Gasteiger partial charge in [-0.05, 0) is 137 Å². The zero-order valence-electron chi connectivity index (χ0n) is 54.9. The summed E-state index contributed by atoms with van der Waals surface area (Å²) in [6.45, 7) is 21.0. The van der Waals surface area contributed by atoms with Crippen molar-refractivity contribution in [2.45, 2.75) is 130 Å². The molecule has 1 aliphatic heterocycles. The van der Waals surface area contributed by atoms with Crippen LogP contribution in [0.1, 0.15) is 131 Å². The maximum absolute atomic E-state index is 13.8. The van der Waals surface area contributed by atoms with Crippen LogP contribution >= 0.6 is 11.3 Å². The van der Waals surface area contributed by atoms with E-state index in [-0.39, 0.29) is 58.3 Å². The summed E-state index contributed by atoms with van der Waals surface area (Å²) in [5, 5.41) is 24.6. The van der Waals surface area contributed by atoms with Gasteiger partial charge in [-0.2, -0.15) is 21.9 Å². The monoisotopic (exact) mass is 1340 g/mol. The minimum atomic E-state index is -4.27. The van der Waals surface area contributed by atoms with E-state index in [2.05, 4.69) is 98.8 Å². The summed E-state index contributed by atoms with van der Waals surface area (Å²) in [5.74, 6) is -1.62. The molecule has 3 aromatic heterocycles. The predicted molar refractivity (Wildman–Crippen MR) is 368 cm³/mol. The number of ether oxygens (including phenoxy) is 1. The quantitative estimate of drug-likeness (QED) is 0.0147. The van der Waals surface area contributed by atoms with Gasteiger partial charge in [0.15, 0.2) is 10.8 Å². The van der Waals surface area contributed by atoms with E-state index in [9.17, 15) is 36.1 Å².